The first-order valence-electron chi connectivity index (χ1n) is 4.16. The molecule has 0 unspecified atom stereocenters. The Morgan fingerprint density at radius 3 is 3.00 bits per heavy atom. The van der Waals surface area contributed by atoms with E-state index in [0.717, 1.165) is 5.57 Å². The maximum Gasteiger partial charge on any atom is 0.121 e. The molecule has 2 nitrogen and oxygen atoms in total. The van der Waals surface area contributed by atoms with Crippen molar-refractivity contribution in [3.05, 3.63) is 42.0 Å². The second-order valence-electron chi connectivity index (χ2n) is 2.84. The molecule has 1 rings (SSSR count). The van der Waals surface area contributed by atoms with Gasteiger partial charge in [-0.25, -0.2) is 0 Å². The van der Waals surface area contributed by atoms with Crippen LogP contribution >= 0.6 is 12.6 Å². The monoisotopic (exact) mass is 205 g/mol. The Labute approximate surface area is 89.2 Å². The summed E-state index contributed by atoms with van der Waals surface area (Å²) in [6.45, 7) is 4.21. The minimum absolute atomic E-state index is 0.443. The van der Waals surface area contributed by atoms with Gasteiger partial charge in [0.25, 0.3) is 0 Å². The van der Waals surface area contributed by atoms with E-state index >= 15 is 0 Å². The van der Waals surface area contributed by atoms with Crippen molar-refractivity contribution in [1.82, 2.24) is 0 Å². The molecule has 0 spiro atoms. The van der Waals surface area contributed by atoms with Gasteiger partial charge in [0.05, 0.1) is 11.6 Å². The van der Waals surface area contributed by atoms with Gasteiger partial charge in [-0.15, -0.1) is 0 Å². The highest BCUT2D eigenvalue weighted by atomic mass is 32.1. The standard InChI is InChI=1S/C11H11NOS/c1-9(8-14)7-13-11-4-2-3-10(5-11)6-12/h2-5,14H,1,7-8H2. The molecule has 0 aromatic heterocycles. The molecule has 1 aromatic rings. The van der Waals surface area contributed by atoms with Crippen LogP contribution in [-0.2, 0) is 0 Å². The predicted octanol–water partition coefficient (Wildman–Crippen LogP) is 2.42. The number of hydrogen-bond acceptors (Lipinski definition) is 3. The van der Waals surface area contributed by atoms with Crippen molar-refractivity contribution >= 4 is 12.6 Å². The van der Waals surface area contributed by atoms with Crippen LogP contribution in [0.1, 0.15) is 5.56 Å². The zero-order valence-corrected chi connectivity index (χ0v) is 8.63. The molecule has 0 saturated carbocycles. The molecule has 0 fully saturated rings. The van der Waals surface area contributed by atoms with E-state index in [9.17, 15) is 0 Å². The van der Waals surface area contributed by atoms with E-state index < -0.39 is 0 Å². The Kier molecular flexibility index (Phi) is 4.09. The third-order valence-electron chi connectivity index (χ3n) is 1.63. The van der Waals surface area contributed by atoms with Crippen LogP contribution in [0.3, 0.4) is 0 Å². The van der Waals surface area contributed by atoms with Crippen molar-refractivity contribution in [2.45, 2.75) is 0 Å². The summed E-state index contributed by atoms with van der Waals surface area (Å²) in [5.74, 6) is 1.30. The van der Waals surface area contributed by atoms with Crippen molar-refractivity contribution in [2.75, 3.05) is 12.4 Å². The lowest BCUT2D eigenvalue weighted by Gasteiger charge is -2.06. The molecule has 1 aromatic carbocycles. The van der Waals surface area contributed by atoms with Gasteiger partial charge in [-0.1, -0.05) is 12.6 Å². The number of rotatable bonds is 4. The molecule has 0 N–H and O–H groups in total. The van der Waals surface area contributed by atoms with E-state index in [0.29, 0.717) is 23.7 Å². The molecule has 0 heterocycles. The number of nitrogens with zero attached hydrogens (tertiary/aromatic N) is 1. The van der Waals surface area contributed by atoms with E-state index in [1.807, 2.05) is 6.07 Å². The summed E-state index contributed by atoms with van der Waals surface area (Å²) in [5, 5.41) is 8.65. The fourth-order valence-corrected chi connectivity index (χ4v) is 0.978. The average Bonchev–Trinajstić information content (AvgIpc) is 2.26. The predicted molar refractivity (Wildman–Crippen MR) is 59.6 cm³/mol. The van der Waals surface area contributed by atoms with Crippen molar-refractivity contribution < 1.29 is 4.74 Å². The maximum absolute atomic E-state index is 8.65. The lowest BCUT2D eigenvalue weighted by molar-refractivity contribution is 0.353. The van der Waals surface area contributed by atoms with Gasteiger partial charge in [0.2, 0.25) is 0 Å². The molecule has 0 atom stereocenters. The van der Waals surface area contributed by atoms with E-state index in [4.69, 9.17) is 10.00 Å². The molecule has 0 aliphatic carbocycles. The van der Waals surface area contributed by atoms with Crippen molar-refractivity contribution in [1.29, 1.82) is 5.26 Å². The fraction of sp³-hybridized carbons (Fsp3) is 0.182. The lowest BCUT2D eigenvalue weighted by Crippen LogP contribution is -2.01. The summed E-state index contributed by atoms with van der Waals surface area (Å²) in [6.07, 6.45) is 0. The Morgan fingerprint density at radius 1 is 1.57 bits per heavy atom. The van der Waals surface area contributed by atoms with E-state index in [1.165, 1.54) is 0 Å². The molecule has 0 bridgehead atoms. The minimum atomic E-state index is 0.443. The zero-order chi connectivity index (χ0) is 10.4. The third kappa shape index (κ3) is 3.15. The van der Waals surface area contributed by atoms with Crippen LogP contribution < -0.4 is 4.74 Å². The van der Waals surface area contributed by atoms with E-state index in [1.54, 1.807) is 18.2 Å². The van der Waals surface area contributed by atoms with Gasteiger partial charge in [-0.2, -0.15) is 17.9 Å². The maximum atomic E-state index is 8.65. The number of ether oxygens (including phenoxy) is 1. The van der Waals surface area contributed by atoms with Gasteiger partial charge in [0.15, 0.2) is 0 Å². The quantitative estimate of drug-likeness (QED) is 0.605. The highest BCUT2D eigenvalue weighted by molar-refractivity contribution is 7.80. The van der Waals surface area contributed by atoms with Gasteiger partial charge in [0.1, 0.15) is 12.4 Å². The first-order valence-corrected chi connectivity index (χ1v) is 4.80. The van der Waals surface area contributed by atoms with Crippen LogP contribution in [0.15, 0.2) is 36.4 Å². The molecule has 0 saturated heterocycles. The Bertz CT molecular complexity index is 368. The second kappa shape index (κ2) is 5.36. The van der Waals surface area contributed by atoms with Crippen LogP contribution in [0.4, 0.5) is 0 Å². The summed E-state index contributed by atoms with van der Waals surface area (Å²) >= 11 is 4.07. The number of hydrogen-bond donors (Lipinski definition) is 1. The molecule has 0 aliphatic heterocycles. The Balaban J connectivity index is 2.60. The summed E-state index contributed by atoms with van der Waals surface area (Å²) in [5.41, 5.74) is 1.51. The molecule has 0 radical (unpaired) electrons. The van der Waals surface area contributed by atoms with Crippen molar-refractivity contribution in [2.24, 2.45) is 0 Å². The van der Waals surface area contributed by atoms with Gasteiger partial charge >= 0.3 is 0 Å². The fourth-order valence-electron chi connectivity index (χ4n) is 0.886. The smallest absolute Gasteiger partial charge is 0.121 e. The molecular formula is C11H11NOS. The van der Waals surface area contributed by atoms with E-state index in [2.05, 4.69) is 25.3 Å². The Hall–Kier alpha value is -1.40. The third-order valence-corrected chi connectivity index (χ3v) is 2.08. The number of nitriles is 1. The summed E-state index contributed by atoms with van der Waals surface area (Å²) in [4.78, 5) is 0. The normalized spacial score (nSPS) is 9.14. The molecular weight excluding hydrogens is 194 g/mol. The van der Waals surface area contributed by atoms with E-state index in [-0.39, 0.29) is 0 Å². The SMILES string of the molecule is C=C(CS)COc1cccc(C#N)c1. The first kappa shape index (κ1) is 10.7. The topological polar surface area (TPSA) is 33.0 Å². The molecule has 0 aliphatic rings. The van der Waals surface area contributed by atoms with Crippen molar-refractivity contribution in [3.8, 4) is 11.8 Å². The second-order valence-corrected chi connectivity index (χ2v) is 3.15. The summed E-state index contributed by atoms with van der Waals surface area (Å²) in [6, 6.07) is 9.09. The minimum Gasteiger partial charge on any atom is -0.489 e. The Morgan fingerprint density at radius 2 is 2.36 bits per heavy atom. The number of benzene rings is 1. The largest absolute Gasteiger partial charge is 0.489 e. The first-order chi connectivity index (χ1) is 6.76. The highest BCUT2D eigenvalue weighted by Crippen LogP contribution is 2.13. The van der Waals surface area contributed by atoms with Crippen LogP contribution in [0.2, 0.25) is 0 Å². The van der Waals surface area contributed by atoms with Gasteiger partial charge in [-0.3, -0.25) is 0 Å². The molecule has 14 heavy (non-hydrogen) atoms. The van der Waals surface area contributed by atoms with Crippen LogP contribution in [-0.4, -0.2) is 12.4 Å². The number of thiol groups is 1. The van der Waals surface area contributed by atoms with Gasteiger partial charge in [0, 0.05) is 5.75 Å². The summed E-state index contributed by atoms with van der Waals surface area (Å²) < 4.78 is 5.40. The van der Waals surface area contributed by atoms with Gasteiger partial charge < -0.3 is 4.74 Å². The van der Waals surface area contributed by atoms with Crippen LogP contribution in [0.25, 0.3) is 0 Å². The molecule has 3 heteroatoms. The molecule has 0 amide bonds. The summed E-state index contributed by atoms with van der Waals surface area (Å²) in [7, 11) is 0. The van der Waals surface area contributed by atoms with Crippen LogP contribution in [0, 0.1) is 11.3 Å². The lowest BCUT2D eigenvalue weighted by atomic mass is 10.2. The van der Waals surface area contributed by atoms with Crippen molar-refractivity contribution in [3.63, 3.8) is 0 Å². The highest BCUT2D eigenvalue weighted by Gasteiger charge is 1.96. The average molecular weight is 205 g/mol. The van der Waals surface area contributed by atoms with Crippen LogP contribution in [0.5, 0.6) is 5.75 Å². The molecule has 72 valence electrons. The van der Waals surface area contributed by atoms with Gasteiger partial charge in [-0.05, 0) is 23.8 Å². The zero-order valence-electron chi connectivity index (χ0n) is 7.73.